The van der Waals surface area contributed by atoms with Crippen molar-refractivity contribution in [3.63, 3.8) is 0 Å². The van der Waals surface area contributed by atoms with Crippen LogP contribution in [0.4, 0.5) is 0 Å². The summed E-state index contributed by atoms with van der Waals surface area (Å²) in [5.41, 5.74) is 0.873. The predicted molar refractivity (Wildman–Crippen MR) is 68.2 cm³/mol. The zero-order valence-corrected chi connectivity index (χ0v) is 10.6. The van der Waals surface area contributed by atoms with Crippen LogP contribution in [0.5, 0.6) is 5.75 Å². The minimum absolute atomic E-state index is 0.477. The fourth-order valence-corrected chi connectivity index (χ4v) is 2.15. The largest absolute Gasteiger partial charge is 0.496 e. The highest BCUT2D eigenvalue weighted by molar-refractivity contribution is 5.35. The van der Waals surface area contributed by atoms with Gasteiger partial charge in [0, 0.05) is 18.7 Å². The second-order valence-electron chi connectivity index (χ2n) is 4.92. The van der Waals surface area contributed by atoms with Gasteiger partial charge in [0.15, 0.2) is 0 Å². The maximum absolute atomic E-state index is 10.2. The van der Waals surface area contributed by atoms with Crippen LogP contribution in [-0.2, 0) is 0 Å². The van der Waals surface area contributed by atoms with Crippen molar-refractivity contribution in [3.05, 3.63) is 29.8 Å². The minimum Gasteiger partial charge on any atom is -0.496 e. The summed E-state index contributed by atoms with van der Waals surface area (Å²) >= 11 is 0. The molecule has 1 aliphatic carbocycles. The first-order valence-electron chi connectivity index (χ1n) is 6.20. The molecule has 1 atom stereocenters. The van der Waals surface area contributed by atoms with Crippen LogP contribution in [0.25, 0.3) is 0 Å². The van der Waals surface area contributed by atoms with E-state index >= 15 is 0 Å². The van der Waals surface area contributed by atoms with Gasteiger partial charge in [0.25, 0.3) is 0 Å². The lowest BCUT2D eigenvalue weighted by Crippen LogP contribution is -2.26. The van der Waals surface area contributed by atoms with Gasteiger partial charge in [-0.15, -0.1) is 0 Å². The van der Waals surface area contributed by atoms with Gasteiger partial charge in [0.2, 0.25) is 0 Å². The van der Waals surface area contributed by atoms with Crippen LogP contribution >= 0.6 is 0 Å². The number of rotatable bonds is 6. The van der Waals surface area contributed by atoms with Gasteiger partial charge < -0.3 is 14.7 Å². The molecule has 0 spiro atoms. The normalized spacial score (nSPS) is 17.2. The monoisotopic (exact) mass is 235 g/mol. The van der Waals surface area contributed by atoms with Crippen molar-refractivity contribution in [2.45, 2.75) is 18.9 Å². The van der Waals surface area contributed by atoms with Gasteiger partial charge in [0.1, 0.15) is 5.75 Å². The lowest BCUT2D eigenvalue weighted by atomic mass is 10.1. The predicted octanol–water partition coefficient (Wildman–Crippen LogP) is 2.07. The molecule has 3 nitrogen and oxygen atoms in total. The summed E-state index contributed by atoms with van der Waals surface area (Å²) < 4.78 is 5.26. The molecule has 0 amide bonds. The quantitative estimate of drug-likeness (QED) is 0.819. The summed E-state index contributed by atoms with van der Waals surface area (Å²) in [6, 6.07) is 7.67. The van der Waals surface area contributed by atoms with Gasteiger partial charge in [-0.2, -0.15) is 0 Å². The highest BCUT2D eigenvalue weighted by atomic mass is 16.5. The summed E-state index contributed by atoms with van der Waals surface area (Å²) in [5, 5.41) is 10.2. The number of hydrogen-bond donors (Lipinski definition) is 1. The molecule has 1 unspecified atom stereocenters. The van der Waals surface area contributed by atoms with Gasteiger partial charge in [-0.1, -0.05) is 18.2 Å². The molecular weight excluding hydrogens is 214 g/mol. The molecule has 1 N–H and O–H groups in total. The Morgan fingerprint density at radius 1 is 1.41 bits per heavy atom. The summed E-state index contributed by atoms with van der Waals surface area (Å²) in [6.07, 6.45) is 2.21. The van der Waals surface area contributed by atoms with E-state index in [1.54, 1.807) is 7.11 Å². The maximum atomic E-state index is 10.2. The van der Waals surface area contributed by atoms with E-state index in [9.17, 15) is 5.11 Å². The lowest BCUT2D eigenvalue weighted by Gasteiger charge is -2.21. The van der Waals surface area contributed by atoms with Crippen molar-refractivity contribution in [2.75, 3.05) is 27.2 Å². The van der Waals surface area contributed by atoms with E-state index < -0.39 is 6.10 Å². The van der Waals surface area contributed by atoms with Crippen LogP contribution in [0.3, 0.4) is 0 Å². The SMILES string of the molecule is COc1ccccc1C(O)CN(C)CC1CC1. The Balaban J connectivity index is 1.95. The summed E-state index contributed by atoms with van der Waals surface area (Å²) in [4.78, 5) is 2.20. The average molecular weight is 235 g/mol. The van der Waals surface area contributed by atoms with Gasteiger partial charge in [-0.25, -0.2) is 0 Å². The Bertz CT molecular complexity index is 363. The fourth-order valence-electron chi connectivity index (χ4n) is 2.15. The molecule has 1 saturated carbocycles. The molecule has 0 heterocycles. The molecule has 2 rings (SSSR count). The smallest absolute Gasteiger partial charge is 0.124 e. The van der Waals surface area contributed by atoms with E-state index in [-0.39, 0.29) is 0 Å². The lowest BCUT2D eigenvalue weighted by molar-refractivity contribution is 0.122. The highest BCUT2D eigenvalue weighted by Crippen LogP contribution is 2.30. The first-order chi connectivity index (χ1) is 8.20. The Labute approximate surface area is 103 Å². The number of ether oxygens (including phenoxy) is 1. The molecule has 0 aromatic heterocycles. The molecule has 1 aliphatic rings. The molecule has 0 radical (unpaired) electrons. The molecule has 94 valence electrons. The van der Waals surface area contributed by atoms with E-state index in [4.69, 9.17) is 4.74 Å². The molecule has 0 aliphatic heterocycles. The zero-order chi connectivity index (χ0) is 12.3. The minimum atomic E-state index is -0.477. The van der Waals surface area contributed by atoms with Crippen molar-refractivity contribution in [1.82, 2.24) is 4.90 Å². The Hall–Kier alpha value is -1.06. The van der Waals surface area contributed by atoms with Crippen molar-refractivity contribution in [1.29, 1.82) is 0 Å². The van der Waals surface area contributed by atoms with E-state index in [0.29, 0.717) is 6.54 Å². The van der Waals surface area contributed by atoms with Gasteiger partial charge >= 0.3 is 0 Å². The van der Waals surface area contributed by atoms with Gasteiger partial charge in [-0.3, -0.25) is 0 Å². The van der Waals surface area contributed by atoms with Crippen LogP contribution in [0.1, 0.15) is 24.5 Å². The molecule has 1 aromatic carbocycles. The molecule has 17 heavy (non-hydrogen) atoms. The fraction of sp³-hybridized carbons (Fsp3) is 0.571. The van der Waals surface area contributed by atoms with Gasteiger partial charge in [0.05, 0.1) is 13.2 Å². The zero-order valence-electron chi connectivity index (χ0n) is 10.6. The van der Waals surface area contributed by atoms with E-state index in [1.807, 2.05) is 24.3 Å². The van der Waals surface area contributed by atoms with E-state index in [1.165, 1.54) is 12.8 Å². The topological polar surface area (TPSA) is 32.7 Å². The molecule has 3 heteroatoms. The number of methoxy groups -OCH3 is 1. The van der Waals surface area contributed by atoms with E-state index in [2.05, 4.69) is 11.9 Å². The van der Waals surface area contributed by atoms with Crippen LogP contribution in [-0.4, -0.2) is 37.3 Å². The van der Waals surface area contributed by atoms with Crippen LogP contribution in [0, 0.1) is 5.92 Å². The molecule has 1 fully saturated rings. The maximum Gasteiger partial charge on any atom is 0.124 e. The van der Waals surface area contributed by atoms with Crippen molar-refractivity contribution in [2.24, 2.45) is 5.92 Å². The number of likely N-dealkylation sites (N-methyl/N-ethyl adjacent to an activating group) is 1. The number of benzene rings is 1. The van der Waals surface area contributed by atoms with Crippen molar-refractivity contribution < 1.29 is 9.84 Å². The van der Waals surface area contributed by atoms with Crippen molar-refractivity contribution >= 4 is 0 Å². The van der Waals surface area contributed by atoms with Crippen LogP contribution in [0.15, 0.2) is 24.3 Å². The average Bonchev–Trinajstić information content (AvgIpc) is 3.12. The number of aliphatic hydroxyl groups is 1. The third-order valence-corrected chi connectivity index (χ3v) is 3.25. The molecule has 0 saturated heterocycles. The van der Waals surface area contributed by atoms with Crippen LogP contribution in [0.2, 0.25) is 0 Å². The van der Waals surface area contributed by atoms with Crippen LogP contribution < -0.4 is 4.74 Å². The Kier molecular flexibility index (Phi) is 4.02. The standard InChI is InChI=1S/C14H21NO2/c1-15(9-11-7-8-11)10-13(16)12-5-3-4-6-14(12)17-2/h3-6,11,13,16H,7-10H2,1-2H3. The first kappa shape index (κ1) is 12.4. The second-order valence-corrected chi connectivity index (χ2v) is 4.92. The summed E-state index contributed by atoms with van der Waals surface area (Å²) in [6.45, 7) is 1.75. The molecular formula is C14H21NO2. The third kappa shape index (κ3) is 3.45. The number of hydrogen-bond acceptors (Lipinski definition) is 3. The first-order valence-corrected chi connectivity index (χ1v) is 6.20. The third-order valence-electron chi connectivity index (χ3n) is 3.25. The molecule has 1 aromatic rings. The number of nitrogens with zero attached hydrogens (tertiary/aromatic N) is 1. The molecule has 0 bridgehead atoms. The second kappa shape index (κ2) is 5.52. The van der Waals surface area contributed by atoms with Crippen molar-refractivity contribution in [3.8, 4) is 5.75 Å². The number of aliphatic hydroxyl groups excluding tert-OH is 1. The number of para-hydroxylation sites is 1. The summed E-state index contributed by atoms with van der Waals surface area (Å²) in [7, 11) is 3.70. The highest BCUT2D eigenvalue weighted by Gasteiger charge is 2.24. The van der Waals surface area contributed by atoms with Gasteiger partial charge in [-0.05, 0) is 31.9 Å². The van der Waals surface area contributed by atoms with E-state index in [0.717, 1.165) is 23.8 Å². The Morgan fingerprint density at radius 2 is 2.12 bits per heavy atom. The Morgan fingerprint density at radius 3 is 2.76 bits per heavy atom. The summed E-state index contributed by atoms with van der Waals surface area (Å²) in [5.74, 6) is 1.62.